The molecule has 6 aromatic rings. The van der Waals surface area contributed by atoms with Crippen molar-refractivity contribution in [1.82, 2.24) is 9.66 Å². The number of amides is 1. The van der Waals surface area contributed by atoms with Gasteiger partial charge in [-0.1, -0.05) is 45.7 Å². The Balaban J connectivity index is 1.40. The van der Waals surface area contributed by atoms with E-state index in [-0.39, 0.29) is 17.3 Å². The van der Waals surface area contributed by atoms with Gasteiger partial charge in [0.25, 0.3) is 11.5 Å². The molecule has 9 nitrogen and oxygen atoms in total. The zero-order valence-corrected chi connectivity index (χ0v) is 25.2. The number of anilines is 1. The van der Waals surface area contributed by atoms with E-state index < -0.39 is 23.9 Å². The SMILES string of the molecule is COc1cc(Br)cc(C=Nn2c(-c3cc4cc(Cl)ccc4o3)nc3ccccc3c2=O)c1OCC(=O)Nc1cccc(F)c1. The monoisotopic (exact) mass is 674 g/mol. The van der Waals surface area contributed by atoms with Gasteiger partial charge in [0.15, 0.2) is 23.9 Å². The van der Waals surface area contributed by atoms with E-state index in [1.165, 1.54) is 31.5 Å². The third kappa shape index (κ3) is 6.05. The minimum atomic E-state index is -0.523. The van der Waals surface area contributed by atoms with Crippen LogP contribution >= 0.6 is 27.5 Å². The van der Waals surface area contributed by atoms with Gasteiger partial charge in [0.2, 0.25) is 5.82 Å². The summed E-state index contributed by atoms with van der Waals surface area (Å²) < 4.78 is 32.7. The number of nitrogens with zero attached hydrogens (tertiary/aromatic N) is 3. The van der Waals surface area contributed by atoms with Gasteiger partial charge in [-0.3, -0.25) is 9.59 Å². The summed E-state index contributed by atoms with van der Waals surface area (Å²) in [5, 5.41) is 8.70. The topological polar surface area (TPSA) is 108 Å². The maximum Gasteiger partial charge on any atom is 0.282 e. The van der Waals surface area contributed by atoms with Crippen LogP contribution < -0.4 is 20.3 Å². The predicted molar refractivity (Wildman–Crippen MR) is 170 cm³/mol. The molecule has 1 N–H and O–H groups in total. The second-order valence-electron chi connectivity index (χ2n) is 9.48. The summed E-state index contributed by atoms with van der Waals surface area (Å²) in [6.07, 6.45) is 1.40. The molecule has 0 bridgehead atoms. The number of halogens is 3. The van der Waals surface area contributed by atoms with Crippen molar-refractivity contribution >= 4 is 67.2 Å². The molecule has 12 heteroatoms. The van der Waals surface area contributed by atoms with E-state index in [9.17, 15) is 14.0 Å². The molecule has 0 saturated carbocycles. The minimum absolute atomic E-state index is 0.163. The molecule has 0 aliphatic rings. The summed E-state index contributed by atoms with van der Waals surface area (Å²) in [7, 11) is 1.45. The van der Waals surface area contributed by atoms with Crippen molar-refractivity contribution in [3.05, 3.63) is 116 Å². The first-order valence-corrected chi connectivity index (χ1v) is 14.3. The van der Waals surface area contributed by atoms with Crippen molar-refractivity contribution in [3.63, 3.8) is 0 Å². The minimum Gasteiger partial charge on any atom is -0.493 e. The molecule has 0 aliphatic heterocycles. The predicted octanol–water partition coefficient (Wildman–Crippen LogP) is 7.27. The third-order valence-electron chi connectivity index (χ3n) is 6.49. The molecule has 0 aliphatic carbocycles. The second-order valence-corrected chi connectivity index (χ2v) is 10.8. The number of hydrogen-bond donors (Lipinski definition) is 1. The molecule has 0 radical (unpaired) electrons. The number of benzene rings is 4. The fraction of sp³-hybridized carbons (Fsp3) is 0.0625. The highest BCUT2D eigenvalue weighted by atomic mass is 79.9. The van der Waals surface area contributed by atoms with Gasteiger partial charge < -0.3 is 19.2 Å². The lowest BCUT2D eigenvalue weighted by molar-refractivity contribution is -0.118. The van der Waals surface area contributed by atoms with Crippen LogP contribution in [0.1, 0.15) is 5.56 Å². The number of nitrogens with one attached hydrogen (secondary N) is 1. The quantitative estimate of drug-likeness (QED) is 0.170. The highest BCUT2D eigenvalue weighted by molar-refractivity contribution is 9.10. The van der Waals surface area contributed by atoms with Crippen LogP contribution in [0.2, 0.25) is 5.02 Å². The van der Waals surface area contributed by atoms with Crippen LogP contribution in [0.3, 0.4) is 0 Å². The van der Waals surface area contributed by atoms with E-state index in [4.69, 9.17) is 30.5 Å². The number of ether oxygens (including phenoxy) is 2. The van der Waals surface area contributed by atoms with E-state index >= 15 is 0 Å². The molecule has 6 rings (SSSR count). The van der Waals surface area contributed by atoms with Crippen LogP contribution in [0.25, 0.3) is 33.5 Å². The van der Waals surface area contributed by atoms with Crippen molar-refractivity contribution in [3.8, 4) is 23.1 Å². The fourth-order valence-electron chi connectivity index (χ4n) is 4.53. The van der Waals surface area contributed by atoms with Gasteiger partial charge in [0, 0.05) is 26.1 Å². The lowest BCUT2D eigenvalue weighted by Gasteiger charge is -2.14. The van der Waals surface area contributed by atoms with E-state index in [0.717, 1.165) is 10.1 Å². The molecule has 4 aromatic carbocycles. The summed E-state index contributed by atoms with van der Waals surface area (Å²) in [6.45, 7) is -0.417. The lowest BCUT2D eigenvalue weighted by Crippen LogP contribution is -2.21. The standard InChI is InChI=1S/C32H21BrClFN4O5/c1-42-27-14-20(33)11-19(30(27)43-17-29(40)37-23-6-4-5-22(35)15-23)16-36-39-31(38-25-8-3-2-7-24(25)32(39)41)28-13-18-12-21(34)9-10-26(18)44-28/h2-16H,17H2,1H3,(H,37,40). The number of carbonyl (C=O) groups excluding carboxylic acids is 1. The van der Waals surface area contributed by atoms with Gasteiger partial charge >= 0.3 is 0 Å². The summed E-state index contributed by atoms with van der Waals surface area (Å²) in [5.74, 6) is -0.0456. The molecule has 0 fully saturated rings. The highest BCUT2D eigenvalue weighted by Gasteiger charge is 2.18. The average molecular weight is 676 g/mol. The summed E-state index contributed by atoms with van der Waals surface area (Å²) in [4.78, 5) is 31.0. The Bertz CT molecular complexity index is 2150. The normalized spacial score (nSPS) is 11.4. The van der Waals surface area contributed by atoms with Gasteiger partial charge in [0.1, 0.15) is 11.4 Å². The van der Waals surface area contributed by atoms with Crippen LogP contribution in [0, 0.1) is 5.82 Å². The number of fused-ring (bicyclic) bond motifs is 2. The maximum absolute atomic E-state index is 13.7. The number of methoxy groups -OCH3 is 1. The molecule has 44 heavy (non-hydrogen) atoms. The van der Waals surface area contributed by atoms with E-state index in [1.54, 1.807) is 66.7 Å². The average Bonchev–Trinajstić information content (AvgIpc) is 3.43. The molecule has 0 spiro atoms. The number of rotatable bonds is 8. The second kappa shape index (κ2) is 12.3. The van der Waals surface area contributed by atoms with Crippen LogP contribution in [0.15, 0.2) is 104 Å². The third-order valence-corrected chi connectivity index (χ3v) is 7.18. The van der Waals surface area contributed by atoms with E-state index in [0.29, 0.717) is 43.1 Å². The molecule has 220 valence electrons. The largest absolute Gasteiger partial charge is 0.493 e. The van der Waals surface area contributed by atoms with E-state index in [2.05, 4.69) is 26.3 Å². The maximum atomic E-state index is 13.7. The zero-order chi connectivity index (χ0) is 30.8. The van der Waals surface area contributed by atoms with Crippen molar-refractivity contribution in [1.29, 1.82) is 0 Å². The Kier molecular flexibility index (Phi) is 8.14. The Hall–Kier alpha value is -5.00. The lowest BCUT2D eigenvalue weighted by atomic mass is 10.2. The number of aromatic nitrogens is 2. The molecule has 0 atom stereocenters. The number of para-hydroxylation sites is 1. The van der Waals surface area contributed by atoms with Gasteiger partial charge in [-0.2, -0.15) is 9.78 Å². The number of carbonyl (C=O) groups is 1. The van der Waals surface area contributed by atoms with Crippen LogP contribution in [0.4, 0.5) is 10.1 Å². The van der Waals surface area contributed by atoms with Crippen LogP contribution in [0.5, 0.6) is 11.5 Å². The molecular weight excluding hydrogens is 655 g/mol. The molecule has 2 aromatic heterocycles. The highest BCUT2D eigenvalue weighted by Crippen LogP contribution is 2.34. The number of hydrogen-bond acceptors (Lipinski definition) is 7. The van der Waals surface area contributed by atoms with Gasteiger partial charge in [-0.25, -0.2) is 9.37 Å². The first-order chi connectivity index (χ1) is 21.3. The molecule has 0 saturated heterocycles. The van der Waals surface area contributed by atoms with Gasteiger partial charge in [-0.15, -0.1) is 0 Å². The summed E-state index contributed by atoms with van der Waals surface area (Å²) in [6, 6.07) is 22.7. The molecule has 1 amide bonds. The summed E-state index contributed by atoms with van der Waals surface area (Å²) >= 11 is 9.62. The van der Waals surface area contributed by atoms with Crippen molar-refractivity contribution in [2.45, 2.75) is 0 Å². The smallest absolute Gasteiger partial charge is 0.282 e. The Labute approximate surface area is 262 Å². The first-order valence-electron chi connectivity index (χ1n) is 13.1. The van der Waals surface area contributed by atoms with Crippen molar-refractivity contribution < 1.29 is 23.1 Å². The van der Waals surface area contributed by atoms with E-state index in [1.807, 2.05) is 0 Å². The van der Waals surface area contributed by atoms with Crippen LogP contribution in [-0.2, 0) is 4.79 Å². The Morgan fingerprint density at radius 2 is 1.95 bits per heavy atom. The van der Waals surface area contributed by atoms with Crippen LogP contribution in [-0.4, -0.2) is 35.5 Å². The first kappa shape index (κ1) is 29.1. The molecule has 0 unspecified atom stereocenters. The van der Waals surface area contributed by atoms with Gasteiger partial charge in [0.05, 0.1) is 24.2 Å². The van der Waals surface area contributed by atoms with Crippen molar-refractivity contribution in [2.75, 3.05) is 19.0 Å². The molecule has 2 heterocycles. The summed E-state index contributed by atoms with van der Waals surface area (Å²) in [5.41, 5.74) is 1.27. The van der Waals surface area contributed by atoms with Gasteiger partial charge in [-0.05, 0) is 66.7 Å². The van der Waals surface area contributed by atoms with Crippen molar-refractivity contribution in [2.24, 2.45) is 5.10 Å². The Morgan fingerprint density at radius 3 is 2.77 bits per heavy atom. The molecular formula is C32H21BrClFN4O5. The number of furan rings is 1. The zero-order valence-electron chi connectivity index (χ0n) is 22.9. The Morgan fingerprint density at radius 1 is 1.11 bits per heavy atom. The fourth-order valence-corrected chi connectivity index (χ4v) is 5.16.